The molecule has 1 aliphatic heterocycles. The normalized spacial score (nSPS) is 12.4. The minimum absolute atomic E-state index is 0.928. The zero-order chi connectivity index (χ0) is 10.4. The summed E-state index contributed by atoms with van der Waals surface area (Å²) in [5.41, 5.74) is 2.41. The van der Waals surface area contributed by atoms with Crippen LogP contribution in [0.2, 0.25) is 0 Å². The first-order valence-corrected chi connectivity index (χ1v) is 4.94. The molecule has 3 nitrogen and oxygen atoms in total. The second-order valence-electron chi connectivity index (χ2n) is 3.81. The molecule has 0 unspecified atom stereocenters. The average molecular weight is 198 g/mol. The number of fused-ring (bicyclic) bond motifs is 3. The van der Waals surface area contributed by atoms with E-state index in [0.717, 1.165) is 11.6 Å². The molecule has 0 saturated heterocycles. The van der Waals surface area contributed by atoms with Crippen LogP contribution in [0.3, 0.4) is 0 Å². The molecule has 0 bridgehead atoms. The highest BCUT2D eigenvalue weighted by molar-refractivity contribution is 6.18. The Labute approximate surface area is 89.2 Å². The molecule has 0 amide bonds. The number of aryl methyl sites for hydroxylation is 2. The van der Waals surface area contributed by atoms with E-state index in [2.05, 4.69) is 17.6 Å². The molecule has 4 heteroatoms. The molecular formula is C11H11BN2O+. The maximum absolute atomic E-state index is 5.57. The fourth-order valence-electron chi connectivity index (χ4n) is 2.02. The van der Waals surface area contributed by atoms with Crippen LogP contribution in [0.4, 0.5) is 0 Å². The molecule has 1 aromatic carbocycles. The van der Waals surface area contributed by atoms with E-state index in [9.17, 15) is 0 Å². The minimum atomic E-state index is 0.928. The fourth-order valence-corrected chi connectivity index (χ4v) is 2.02. The number of benzene rings is 1. The van der Waals surface area contributed by atoms with Crippen molar-refractivity contribution >= 4 is 7.62 Å². The summed E-state index contributed by atoms with van der Waals surface area (Å²) < 4.78 is 9.67. The van der Waals surface area contributed by atoms with E-state index in [1.165, 1.54) is 11.1 Å². The predicted octanol–water partition coefficient (Wildman–Crippen LogP) is 1.06. The van der Waals surface area contributed by atoms with Crippen LogP contribution in [0.1, 0.15) is 5.56 Å². The third-order valence-corrected chi connectivity index (χ3v) is 2.78. The number of hydrogen-bond acceptors (Lipinski definition) is 1. The van der Waals surface area contributed by atoms with Gasteiger partial charge in [-0.15, -0.1) is 0 Å². The average Bonchev–Trinajstić information content (AvgIpc) is 2.61. The quantitative estimate of drug-likeness (QED) is 0.579. The maximum atomic E-state index is 5.57. The van der Waals surface area contributed by atoms with Gasteiger partial charge < -0.3 is 4.65 Å². The molecule has 0 saturated carbocycles. The zero-order valence-corrected chi connectivity index (χ0v) is 8.77. The van der Waals surface area contributed by atoms with Crippen molar-refractivity contribution in [1.29, 1.82) is 0 Å². The largest absolute Gasteiger partial charge is 0.680 e. The lowest BCUT2D eigenvalue weighted by atomic mass is 10.0. The monoisotopic (exact) mass is 198 g/mol. The van der Waals surface area contributed by atoms with Gasteiger partial charge in [-0.2, -0.15) is 0 Å². The number of imidazole rings is 1. The molecule has 0 fully saturated rings. The molecule has 0 aliphatic carbocycles. The Hall–Kier alpha value is -1.71. The lowest BCUT2D eigenvalue weighted by Gasteiger charge is -2.15. The van der Waals surface area contributed by atoms with Crippen LogP contribution in [0.5, 0.6) is 5.75 Å². The maximum Gasteiger partial charge on any atom is 0.680 e. The smallest absolute Gasteiger partial charge is 0.521 e. The molecule has 15 heavy (non-hydrogen) atoms. The molecule has 1 aliphatic rings. The highest BCUT2D eigenvalue weighted by Gasteiger charge is 2.29. The van der Waals surface area contributed by atoms with Crippen LogP contribution in [-0.2, 0) is 7.05 Å². The molecular weight excluding hydrogens is 187 g/mol. The van der Waals surface area contributed by atoms with Crippen LogP contribution in [0.15, 0.2) is 30.6 Å². The zero-order valence-electron chi connectivity index (χ0n) is 8.77. The van der Waals surface area contributed by atoms with E-state index in [-0.39, 0.29) is 0 Å². The summed E-state index contributed by atoms with van der Waals surface area (Å²) in [6.07, 6.45) is 4.02. The van der Waals surface area contributed by atoms with E-state index in [4.69, 9.17) is 4.65 Å². The Bertz CT molecular complexity index is 533. The van der Waals surface area contributed by atoms with Gasteiger partial charge in [0.1, 0.15) is 23.7 Å². The van der Waals surface area contributed by atoms with Gasteiger partial charge in [0.25, 0.3) is 5.82 Å². The summed E-state index contributed by atoms with van der Waals surface area (Å²) >= 11 is 0. The second kappa shape index (κ2) is 2.89. The Morgan fingerprint density at radius 2 is 2.27 bits per heavy atom. The second-order valence-corrected chi connectivity index (χ2v) is 3.81. The van der Waals surface area contributed by atoms with Crippen LogP contribution in [-0.4, -0.2) is 12.2 Å². The van der Waals surface area contributed by atoms with Gasteiger partial charge in [-0.05, 0) is 18.6 Å². The number of rotatable bonds is 0. The molecule has 73 valence electrons. The number of aromatic nitrogens is 2. The van der Waals surface area contributed by atoms with Gasteiger partial charge in [-0.3, -0.25) is 4.48 Å². The van der Waals surface area contributed by atoms with Gasteiger partial charge in [-0.25, -0.2) is 4.57 Å². The van der Waals surface area contributed by atoms with E-state index in [0.29, 0.717) is 0 Å². The summed E-state index contributed by atoms with van der Waals surface area (Å²) in [6, 6.07) is 6.11. The van der Waals surface area contributed by atoms with Crippen LogP contribution < -0.4 is 9.13 Å². The molecule has 2 aromatic rings. The highest BCUT2D eigenvalue weighted by Crippen LogP contribution is 2.32. The van der Waals surface area contributed by atoms with E-state index >= 15 is 0 Å². The third-order valence-electron chi connectivity index (χ3n) is 2.78. The number of hydrogen-bond donors (Lipinski definition) is 0. The first-order valence-electron chi connectivity index (χ1n) is 4.94. The van der Waals surface area contributed by atoms with Gasteiger partial charge in [0, 0.05) is 0 Å². The third kappa shape index (κ3) is 1.11. The SMILES string of the molecule is Cc1cccc2c1-c1n(C)cc[n+]1[B]O2. The van der Waals surface area contributed by atoms with Crippen LogP contribution in [0.25, 0.3) is 11.4 Å². The standard InChI is InChI=1S/C11H11BN2O/c1-8-4-3-5-9-10(8)11-13(2)6-7-14(11)12-15-9/h3-7H,1-2H3/q+1. The predicted molar refractivity (Wildman–Crippen MR) is 57.6 cm³/mol. The molecule has 1 aromatic heterocycles. The van der Waals surface area contributed by atoms with Gasteiger partial charge in [0.2, 0.25) is 0 Å². The van der Waals surface area contributed by atoms with Crippen molar-refractivity contribution < 1.29 is 9.13 Å². The molecule has 0 atom stereocenters. The number of nitrogens with zero attached hydrogens (tertiary/aromatic N) is 2. The fraction of sp³-hybridized carbons (Fsp3) is 0.182. The van der Waals surface area contributed by atoms with Crippen molar-refractivity contribution in [2.45, 2.75) is 6.92 Å². The van der Waals surface area contributed by atoms with Gasteiger partial charge in [0.05, 0.1) is 7.05 Å². The van der Waals surface area contributed by atoms with E-state index in [1.807, 2.05) is 36.1 Å². The lowest BCUT2D eigenvalue weighted by molar-refractivity contribution is -0.527. The van der Waals surface area contributed by atoms with Crippen molar-refractivity contribution in [2.24, 2.45) is 7.05 Å². The Morgan fingerprint density at radius 3 is 3.13 bits per heavy atom. The summed E-state index contributed by atoms with van der Waals surface area (Å²) in [7, 11) is 3.78. The molecule has 0 N–H and O–H groups in total. The Kier molecular flexibility index (Phi) is 1.66. The van der Waals surface area contributed by atoms with Crippen LogP contribution >= 0.6 is 0 Å². The molecule has 0 spiro atoms. The van der Waals surface area contributed by atoms with E-state index in [1.54, 1.807) is 7.62 Å². The van der Waals surface area contributed by atoms with Gasteiger partial charge in [-0.1, -0.05) is 12.1 Å². The van der Waals surface area contributed by atoms with Crippen molar-refractivity contribution in [2.75, 3.05) is 0 Å². The topological polar surface area (TPSA) is 18.0 Å². The summed E-state index contributed by atoms with van der Waals surface area (Å²) in [4.78, 5) is 0. The summed E-state index contributed by atoms with van der Waals surface area (Å²) in [5, 5.41) is 0. The van der Waals surface area contributed by atoms with Crippen LogP contribution in [0, 0.1) is 6.92 Å². The summed E-state index contributed by atoms with van der Waals surface area (Å²) in [5.74, 6) is 2.09. The van der Waals surface area contributed by atoms with E-state index < -0.39 is 0 Å². The Morgan fingerprint density at radius 1 is 1.40 bits per heavy atom. The molecule has 1 radical (unpaired) electrons. The van der Waals surface area contributed by atoms with Crippen molar-refractivity contribution in [1.82, 2.24) is 4.57 Å². The summed E-state index contributed by atoms with van der Waals surface area (Å²) in [6.45, 7) is 2.10. The first-order chi connectivity index (χ1) is 7.27. The van der Waals surface area contributed by atoms with Crippen molar-refractivity contribution in [3.63, 3.8) is 0 Å². The molecule has 3 rings (SSSR count). The lowest BCUT2D eigenvalue weighted by Crippen LogP contribution is -2.46. The van der Waals surface area contributed by atoms with Gasteiger partial charge >= 0.3 is 7.62 Å². The van der Waals surface area contributed by atoms with Crippen molar-refractivity contribution in [3.8, 4) is 17.1 Å². The highest BCUT2D eigenvalue weighted by atomic mass is 16.4. The first kappa shape index (κ1) is 8.59. The van der Waals surface area contributed by atoms with Crippen molar-refractivity contribution in [3.05, 3.63) is 36.2 Å². The molecule has 2 heterocycles. The Balaban J connectivity index is 2.36. The minimum Gasteiger partial charge on any atom is -0.521 e. The van der Waals surface area contributed by atoms with Gasteiger partial charge in [0.15, 0.2) is 0 Å².